The third-order valence-corrected chi connectivity index (χ3v) is 3.18. The van der Waals surface area contributed by atoms with Crippen LogP contribution in [0.1, 0.15) is 37.2 Å². The van der Waals surface area contributed by atoms with Crippen LogP contribution >= 0.6 is 15.9 Å². The minimum atomic E-state index is -0.169. The van der Waals surface area contributed by atoms with Gasteiger partial charge in [0.1, 0.15) is 5.69 Å². The van der Waals surface area contributed by atoms with Crippen LogP contribution in [-0.4, -0.2) is 26.3 Å². The summed E-state index contributed by atoms with van der Waals surface area (Å²) in [5.41, 5.74) is 0.301. The lowest BCUT2D eigenvalue weighted by atomic mass is 9.95. The molecule has 0 saturated carbocycles. The van der Waals surface area contributed by atoms with Crippen molar-refractivity contribution in [2.45, 2.75) is 32.2 Å². The van der Waals surface area contributed by atoms with Crippen molar-refractivity contribution in [1.29, 1.82) is 0 Å². The summed E-state index contributed by atoms with van der Waals surface area (Å²) >= 11 is 3.41. The third kappa shape index (κ3) is 3.33. The minimum Gasteiger partial charge on any atom is -0.345 e. The number of alkyl halides is 1. The molecule has 1 atom stereocenters. The van der Waals surface area contributed by atoms with Crippen molar-refractivity contribution in [1.82, 2.24) is 14.9 Å². The Bertz CT molecular complexity index is 364. The van der Waals surface area contributed by atoms with Gasteiger partial charge in [0.25, 0.3) is 5.91 Å². The van der Waals surface area contributed by atoms with Gasteiger partial charge in [-0.25, -0.2) is 4.98 Å². The molecule has 1 aromatic rings. The maximum atomic E-state index is 11.9. The molecule has 1 aromatic heterocycles. The Morgan fingerprint density at radius 1 is 1.69 bits per heavy atom. The van der Waals surface area contributed by atoms with Crippen LogP contribution in [-0.2, 0) is 7.05 Å². The van der Waals surface area contributed by atoms with Gasteiger partial charge in [-0.1, -0.05) is 22.9 Å². The summed E-state index contributed by atoms with van der Waals surface area (Å²) in [7, 11) is 1.85. The molecule has 1 rings (SSSR count). The van der Waals surface area contributed by atoms with E-state index in [1.165, 1.54) is 0 Å². The van der Waals surface area contributed by atoms with E-state index in [9.17, 15) is 4.79 Å². The Labute approximate surface area is 105 Å². The summed E-state index contributed by atoms with van der Waals surface area (Å²) in [5.74, 6) is -0.106. The van der Waals surface area contributed by atoms with Gasteiger partial charge in [-0.3, -0.25) is 4.79 Å². The molecule has 0 spiro atoms. The number of amides is 1. The van der Waals surface area contributed by atoms with Crippen LogP contribution in [0, 0.1) is 0 Å². The second kappa shape index (κ2) is 5.48. The average Bonchev–Trinajstić information content (AvgIpc) is 2.65. The van der Waals surface area contributed by atoms with Gasteiger partial charge in [0.2, 0.25) is 0 Å². The first-order valence-electron chi connectivity index (χ1n) is 5.37. The van der Waals surface area contributed by atoms with E-state index in [4.69, 9.17) is 0 Å². The molecule has 1 N–H and O–H groups in total. The van der Waals surface area contributed by atoms with Crippen molar-refractivity contribution in [2.75, 3.05) is 5.33 Å². The third-order valence-electron chi connectivity index (χ3n) is 2.78. The zero-order chi connectivity index (χ0) is 12.2. The molecule has 16 heavy (non-hydrogen) atoms. The van der Waals surface area contributed by atoms with Crippen molar-refractivity contribution in [3.63, 3.8) is 0 Å². The van der Waals surface area contributed by atoms with Crippen molar-refractivity contribution >= 4 is 21.8 Å². The van der Waals surface area contributed by atoms with Crippen molar-refractivity contribution < 1.29 is 4.79 Å². The molecule has 1 amide bonds. The Morgan fingerprint density at radius 2 is 2.38 bits per heavy atom. The molecule has 0 aromatic carbocycles. The van der Waals surface area contributed by atoms with Crippen molar-refractivity contribution in [3.8, 4) is 0 Å². The lowest BCUT2D eigenvalue weighted by molar-refractivity contribution is 0.0897. The maximum Gasteiger partial charge on any atom is 0.271 e. The highest BCUT2D eigenvalue weighted by atomic mass is 79.9. The average molecular weight is 288 g/mol. The number of aromatic nitrogens is 2. The molecule has 4 nitrogen and oxygen atoms in total. The van der Waals surface area contributed by atoms with Gasteiger partial charge in [-0.05, 0) is 19.8 Å². The molecular weight excluding hydrogens is 270 g/mol. The van der Waals surface area contributed by atoms with Gasteiger partial charge in [0.05, 0.1) is 6.33 Å². The summed E-state index contributed by atoms with van der Waals surface area (Å²) in [4.78, 5) is 15.9. The van der Waals surface area contributed by atoms with Gasteiger partial charge in [0, 0.05) is 24.1 Å². The van der Waals surface area contributed by atoms with Gasteiger partial charge in [0.15, 0.2) is 0 Å². The summed E-state index contributed by atoms with van der Waals surface area (Å²) in [5, 5.41) is 3.90. The number of rotatable bonds is 5. The summed E-state index contributed by atoms with van der Waals surface area (Å²) in [6, 6.07) is 0. The van der Waals surface area contributed by atoms with Crippen molar-refractivity contribution in [2.24, 2.45) is 7.05 Å². The van der Waals surface area contributed by atoms with Crippen LogP contribution in [0.25, 0.3) is 0 Å². The zero-order valence-corrected chi connectivity index (χ0v) is 11.5. The lowest BCUT2D eigenvalue weighted by Crippen LogP contribution is -2.45. The minimum absolute atomic E-state index is 0.106. The molecule has 0 aliphatic rings. The normalized spacial score (nSPS) is 14.5. The van der Waals surface area contributed by atoms with E-state index in [1.807, 2.05) is 7.05 Å². The quantitative estimate of drug-likeness (QED) is 0.843. The highest BCUT2D eigenvalue weighted by Crippen LogP contribution is 2.16. The molecule has 1 unspecified atom stereocenters. The molecule has 0 fully saturated rings. The molecule has 0 radical (unpaired) electrons. The van der Waals surface area contributed by atoms with Crippen molar-refractivity contribution in [3.05, 3.63) is 18.2 Å². The molecule has 0 bridgehead atoms. The molecule has 0 saturated heterocycles. The van der Waals surface area contributed by atoms with Gasteiger partial charge < -0.3 is 9.88 Å². The summed E-state index contributed by atoms with van der Waals surface area (Å²) in [6.07, 6.45) is 5.15. The highest BCUT2D eigenvalue weighted by molar-refractivity contribution is 9.09. The number of nitrogens with zero attached hydrogens (tertiary/aromatic N) is 2. The van der Waals surface area contributed by atoms with E-state index in [-0.39, 0.29) is 11.4 Å². The zero-order valence-electron chi connectivity index (χ0n) is 9.96. The molecular formula is C11H18BrN3O. The van der Waals surface area contributed by atoms with Crippen LogP contribution < -0.4 is 5.32 Å². The van der Waals surface area contributed by atoms with Crippen LogP contribution in [0.15, 0.2) is 12.5 Å². The number of halogens is 1. The predicted molar refractivity (Wildman–Crippen MR) is 67.8 cm³/mol. The first kappa shape index (κ1) is 13.2. The van der Waals surface area contributed by atoms with Gasteiger partial charge in [-0.2, -0.15) is 0 Å². The number of nitrogens with one attached hydrogen (secondary N) is 1. The van der Waals surface area contributed by atoms with Crippen LogP contribution in [0.4, 0.5) is 0 Å². The Hall–Kier alpha value is -0.840. The molecule has 1 heterocycles. The van der Waals surface area contributed by atoms with Crippen LogP contribution in [0.5, 0.6) is 0 Å². The van der Waals surface area contributed by atoms with E-state index in [0.717, 1.165) is 18.2 Å². The number of carbonyl (C=O) groups excluding carboxylic acids is 1. The Balaban J connectivity index is 2.69. The first-order chi connectivity index (χ1) is 7.50. The molecule has 0 aliphatic carbocycles. The largest absolute Gasteiger partial charge is 0.345 e. The lowest BCUT2D eigenvalue weighted by Gasteiger charge is -2.28. The topological polar surface area (TPSA) is 46.9 Å². The number of hydrogen-bond donors (Lipinski definition) is 1. The molecule has 0 aliphatic heterocycles. The first-order valence-corrected chi connectivity index (χ1v) is 6.49. The van der Waals surface area contributed by atoms with Gasteiger partial charge >= 0.3 is 0 Å². The number of aryl methyl sites for hydroxylation is 1. The fourth-order valence-electron chi connectivity index (χ4n) is 1.40. The summed E-state index contributed by atoms with van der Waals surface area (Å²) < 4.78 is 1.77. The fraction of sp³-hybridized carbons (Fsp3) is 0.636. The van der Waals surface area contributed by atoms with Gasteiger partial charge in [-0.15, -0.1) is 0 Å². The second-order valence-corrected chi connectivity index (χ2v) is 5.02. The smallest absolute Gasteiger partial charge is 0.271 e. The maximum absolute atomic E-state index is 11.9. The Morgan fingerprint density at radius 3 is 2.81 bits per heavy atom. The second-order valence-electron chi connectivity index (χ2n) is 4.23. The number of carbonyl (C=O) groups is 1. The van der Waals surface area contributed by atoms with E-state index in [1.54, 1.807) is 17.1 Å². The standard InChI is InChI=1S/C11H18BrN3O/c1-4-11(2,5-6-12)14-10(16)9-7-15(3)8-13-9/h7-8H,4-6H2,1-3H3,(H,14,16). The monoisotopic (exact) mass is 287 g/mol. The van der Waals surface area contributed by atoms with E-state index < -0.39 is 0 Å². The molecule has 90 valence electrons. The summed E-state index contributed by atoms with van der Waals surface area (Å²) in [6.45, 7) is 4.12. The van der Waals surface area contributed by atoms with E-state index >= 15 is 0 Å². The number of imidazole rings is 1. The predicted octanol–water partition coefficient (Wildman–Crippen LogP) is 2.10. The SMILES string of the molecule is CCC(C)(CCBr)NC(=O)c1cn(C)cn1. The van der Waals surface area contributed by atoms with Crippen LogP contribution in [0.2, 0.25) is 0 Å². The number of hydrogen-bond acceptors (Lipinski definition) is 2. The van der Waals surface area contributed by atoms with E-state index in [2.05, 4.69) is 40.1 Å². The molecule has 5 heteroatoms. The Kier molecular flexibility index (Phi) is 4.53. The van der Waals surface area contributed by atoms with Crippen LogP contribution in [0.3, 0.4) is 0 Å². The van der Waals surface area contributed by atoms with E-state index in [0.29, 0.717) is 5.69 Å². The highest BCUT2D eigenvalue weighted by Gasteiger charge is 2.24. The fourth-order valence-corrected chi connectivity index (χ4v) is 2.28.